The quantitative estimate of drug-likeness (QED) is 0.514. The first-order chi connectivity index (χ1) is 5.24. The highest BCUT2D eigenvalue weighted by Gasteiger charge is 1.95. The molecule has 0 aliphatic rings. The molecule has 0 bridgehead atoms. The maximum absolute atomic E-state index is 5.50. The van der Waals surface area contributed by atoms with Gasteiger partial charge in [-0.3, -0.25) is 0 Å². The molecule has 0 saturated carbocycles. The number of hydrogen-bond acceptors (Lipinski definition) is 2. The van der Waals surface area contributed by atoms with Crippen LogP contribution in [0.15, 0.2) is 30.8 Å². The molecule has 1 aromatic rings. The summed E-state index contributed by atoms with van der Waals surface area (Å²) < 4.78 is 4.94. The minimum absolute atomic E-state index is 0.657. The average molecular weight is 149 g/mol. The summed E-state index contributed by atoms with van der Waals surface area (Å²) in [6, 6.07) is 7.39. The Labute approximate surface area is 66.3 Å². The topological polar surface area (TPSA) is 35.2 Å². The molecule has 0 atom stereocenters. The fraction of sp³-hybridized carbons (Fsp3) is 0.111. The summed E-state index contributed by atoms with van der Waals surface area (Å²) in [7, 11) is 1.60. The van der Waals surface area contributed by atoms with Crippen molar-refractivity contribution in [3.05, 3.63) is 36.4 Å². The maximum atomic E-state index is 5.50. The van der Waals surface area contributed by atoms with Gasteiger partial charge in [0.05, 0.1) is 7.11 Å². The van der Waals surface area contributed by atoms with Gasteiger partial charge in [-0.05, 0) is 24.3 Å². The van der Waals surface area contributed by atoms with Crippen molar-refractivity contribution in [2.24, 2.45) is 0 Å². The third-order valence-corrected chi connectivity index (χ3v) is 1.48. The molecular weight excluding hydrogens is 138 g/mol. The lowest BCUT2D eigenvalue weighted by Gasteiger charge is -2.03. The molecule has 0 radical (unpaired) electrons. The van der Waals surface area contributed by atoms with Crippen LogP contribution in [0, 0.1) is 0 Å². The van der Waals surface area contributed by atoms with Crippen molar-refractivity contribution in [2.75, 3.05) is 12.8 Å². The minimum atomic E-state index is 0.657. The number of anilines is 1. The van der Waals surface area contributed by atoms with E-state index in [1.807, 2.05) is 24.3 Å². The Balaban J connectivity index is 2.90. The van der Waals surface area contributed by atoms with Crippen LogP contribution < -0.4 is 5.73 Å². The van der Waals surface area contributed by atoms with Crippen LogP contribution >= 0.6 is 0 Å². The molecule has 2 nitrogen and oxygen atoms in total. The Morgan fingerprint density at radius 2 is 1.91 bits per heavy atom. The van der Waals surface area contributed by atoms with E-state index < -0.39 is 0 Å². The zero-order valence-electron chi connectivity index (χ0n) is 6.50. The molecule has 1 aromatic carbocycles. The molecule has 0 saturated heterocycles. The van der Waals surface area contributed by atoms with Crippen LogP contribution in [0.2, 0.25) is 0 Å². The summed E-state index contributed by atoms with van der Waals surface area (Å²) in [5, 5.41) is 0. The lowest BCUT2D eigenvalue weighted by atomic mass is 10.2. The zero-order chi connectivity index (χ0) is 8.27. The van der Waals surface area contributed by atoms with Gasteiger partial charge in [0.1, 0.15) is 5.76 Å². The maximum Gasteiger partial charge on any atom is 0.118 e. The molecule has 0 aromatic heterocycles. The van der Waals surface area contributed by atoms with Crippen molar-refractivity contribution in [3.63, 3.8) is 0 Å². The Bertz CT molecular complexity index is 251. The molecule has 0 heterocycles. The van der Waals surface area contributed by atoms with Crippen LogP contribution in [0.5, 0.6) is 0 Å². The van der Waals surface area contributed by atoms with E-state index in [0.717, 1.165) is 11.3 Å². The molecule has 58 valence electrons. The lowest BCUT2D eigenvalue weighted by molar-refractivity contribution is 0.371. The van der Waals surface area contributed by atoms with Crippen molar-refractivity contribution >= 4 is 11.4 Å². The van der Waals surface area contributed by atoms with E-state index in [1.54, 1.807) is 7.11 Å². The fourth-order valence-electron chi connectivity index (χ4n) is 0.787. The third kappa shape index (κ3) is 1.74. The smallest absolute Gasteiger partial charge is 0.118 e. The van der Waals surface area contributed by atoms with Gasteiger partial charge < -0.3 is 10.5 Å². The van der Waals surface area contributed by atoms with Crippen LogP contribution in [0.25, 0.3) is 5.76 Å². The second-order valence-electron chi connectivity index (χ2n) is 2.25. The molecule has 0 aliphatic heterocycles. The SMILES string of the molecule is C=C(OC)c1ccc(N)cc1. The van der Waals surface area contributed by atoms with E-state index in [4.69, 9.17) is 10.5 Å². The molecule has 1 rings (SSSR count). The van der Waals surface area contributed by atoms with Crippen LogP contribution in [0.3, 0.4) is 0 Å². The minimum Gasteiger partial charge on any atom is -0.497 e. The first-order valence-corrected chi connectivity index (χ1v) is 3.33. The van der Waals surface area contributed by atoms with Crippen molar-refractivity contribution in [3.8, 4) is 0 Å². The molecule has 0 unspecified atom stereocenters. The van der Waals surface area contributed by atoms with Gasteiger partial charge in [-0.2, -0.15) is 0 Å². The molecule has 11 heavy (non-hydrogen) atoms. The van der Waals surface area contributed by atoms with Gasteiger partial charge in [0, 0.05) is 11.3 Å². The Morgan fingerprint density at radius 3 is 2.36 bits per heavy atom. The van der Waals surface area contributed by atoms with Crippen LogP contribution in [-0.2, 0) is 4.74 Å². The standard InChI is InChI=1S/C9H11NO/c1-7(11-2)8-3-5-9(10)6-4-8/h3-6H,1,10H2,2H3. The number of nitrogens with two attached hydrogens (primary N) is 1. The molecule has 0 spiro atoms. The van der Waals surface area contributed by atoms with Crippen LogP contribution in [0.1, 0.15) is 5.56 Å². The van der Waals surface area contributed by atoms with Crippen LogP contribution in [-0.4, -0.2) is 7.11 Å². The largest absolute Gasteiger partial charge is 0.497 e. The number of benzene rings is 1. The predicted octanol–water partition coefficient (Wildman–Crippen LogP) is 1.89. The summed E-state index contributed by atoms with van der Waals surface area (Å²) in [4.78, 5) is 0. The van der Waals surface area contributed by atoms with Gasteiger partial charge in [-0.1, -0.05) is 6.58 Å². The number of ether oxygens (including phenoxy) is 1. The number of hydrogen-bond donors (Lipinski definition) is 1. The number of rotatable bonds is 2. The Kier molecular flexibility index (Phi) is 2.16. The number of nitrogen functional groups attached to an aromatic ring is 1. The normalized spacial score (nSPS) is 9.18. The summed E-state index contributed by atoms with van der Waals surface area (Å²) in [6.45, 7) is 3.71. The van der Waals surface area contributed by atoms with Gasteiger partial charge in [0.25, 0.3) is 0 Å². The monoisotopic (exact) mass is 149 g/mol. The molecule has 0 amide bonds. The van der Waals surface area contributed by atoms with Gasteiger partial charge in [0.2, 0.25) is 0 Å². The molecule has 2 N–H and O–H groups in total. The van der Waals surface area contributed by atoms with E-state index >= 15 is 0 Å². The third-order valence-electron chi connectivity index (χ3n) is 1.48. The predicted molar refractivity (Wildman–Crippen MR) is 46.9 cm³/mol. The summed E-state index contributed by atoms with van der Waals surface area (Å²) in [5.74, 6) is 0.657. The Morgan fingerprint density at radius 1 is 1.36 bits per heavy atom. The highest BCUT2D eigenvalue weighted by atomic mass is 16.5. The average Bonchev–Trinajstić information content (AvgIpc) is 2.05. The lowest BCUT2D eigenvalue weighted by Crippen LogP contribution is -1.87. The van der Waals surface area contributed by atoms with Crippen molar-refractivity contribution in [2.45, 2.75) is 0 Å². The molecule has 0 fully saturated rings. The van der Waals surface area contributed by atoms with Crippen LogP contribution in [0.4, 0.5) is 5.69 Å². The highest BCUT2D eigenvalue weighted by Crippen LogP contribution is 2.13. The van der Waals surface area contributed by atoms with E-state index in [2.05, 4.69) is 6.58 Å². The first kappa shape index (κ1) is 7.66. The highest BCUT2D eigenvalue weighted by molar-refractivity contribution is 5.59. The van der Waals surface area contributed by atoms with E-state index in [1.165, 1.54) is 0 Å². The van der Waals surface area contributed by atoms with E-state index in [0.29, 0.717) is 5.76 Å². The second kappa shape index (κ2) is 3.10. The fourth-order valence-corrected chi connectivity index (χ4v) is 0.787. The van der Waals surface area contributed by atoms with Crippen molar-refractivity contribution in [1.82, 2.24) is 0 Å². The van der Waals surface area contributed by atoms with Crippen molar-refractivity contribution in [1.29, 1.82) is 0 Å². The van der Waals surface area contributed by atoms with Gasteiger partial charge in [-0.15, -0.1) is 0 Å². The van der Waals surface area contributed by atoms with E-state index in [-0.39, 0.29) is 0 Å². The first-order valence-electron chi connectivity index (χ1n) is 3.33. The molecule has 2 heteroatoms. The zero-order valence-corrected chi connectivity index (χ0v) is 6.50. The summed E-state index contributed by atoms with van der Waals surface area (Å²) >= 11 is 0. The summed E-state index contributed by atoms with van der Waals surface area (Å²) in [5.41, 5.74) is 7.21. The van der Waals surface area contributed by atoms with E-state index in [9.17, 15) is 0 Å². The molecular formula is C9H11NO. The summed E-state index contributed by atoms with van der Waals surface area (Å²) in [6.07, 6.45) is 0. The molecule has 0 aliphatic carbocycles. The van der Waals surface area contributed by atoms with Gasteiger partial charge >= 0.3 is 0 Å². The van der Waals surface area contributed by atoms with Gasteiger partial charge in [-0.25, -0.2) is 0 Å². The number of methoxy groups -OCH3 is 1. The van der Waals surface area contributed by atoms with Gasteiger partial charge in [0.15, 0.2) is 0 Å². The second-order valence-corrected chi connectivity index (χ2v) is 2.25. The van der Waals surface area contributed by atoms with Crippen molar-refractivity contribution < 1.29 is 4.74 Å². The Hall–Kier alpha value is -1.44.